The van der Waals surface area contributed by atoms with Crippen LogP contribution in [0.25, 0.3) is 0 Å². The second kappa shape index (κ2) is 5.52. The van der Waals surface area contributed by atoms with Crippen LogP contribution in [0.5, 0.6) is 0 Å². The number of rotatable bonds is 4. The van der Waals surface area contributed by atoms with Gasteiger partial charge in [0.05, 0.1) is 0 Å². The summed E-state index contributed by atoms with van der Waals surface area (Å²) in [5, 5.41) is 0.0718. The normalized spacial score (nSPS) is 20.1. The summed E-state index contributed by atoms with van der Waals surface area (Å²) >= 11 is 6.49. The fourth-order valence-corrected chi connectivity index (χ4v) is 1.17. The third-order valence-electron chi connectivity index (χ3n) is 0.758. The van der Waals surface area contributed by atoms with Crippen LogP contribution in [0, 0.1) is 0 Å². The lowest BCUT2D eigenvalue weighted by molar-refractivity contribution is -0.137. The van der Waals surface area contributed by atoms with E-state index in [2.05, 4.69) is 31.9 Å². The van der Waals surface area contributed by atoms with Gasteiger partial charge in [0.1, 0.15) is 10.0 Å². The van der Waals surface area contributed by atoms with Gasteiger partial charge in [-0.3, -0.25) is 0 Å². The highest BCUT2D eigenvalue weighted by atomic mass is 79.9. The number of hydrogen-bond donors (Lipinski definition) is 0. The summed E-state index contributed by atoms with van der Waals surface area (Å²) in [6.45, 7) is 5.66. The molecule has 0 spiro atoms. The molecule has 4 heteroatoms. The smallest absolute Gasteiger partial charge is 0.157 e. The van der Waals surface area contributed by atoms with E-state index in [1.165, 1.54) is 0 Å². The topological polar surface area (TPSA) is 18.5 Å². The monoisotopic (exact) mass is 274 g/mol. The van der Waals surface area contributed by atoms with Gasteiger partial charge in [-0.15, -0.1) is 0 Å². The molecule has 10 heavy (non-hydrogen) atoms. The number of ether oxygens (including phenoxy) is 2. The van der Waals surface area contributed by atoms with Gasteiger partial charge in [-0.2, -0.15) is 0 Å². The molecule has 0 heterocycles. The van der Waals surface area contributed by atoms with Crippen LogP contribution in [0.3, 0.4) is 0 Å². The third-order valence-corrected chi connectivity index (χ3v) is 1.19. The highest BCUT2D eigenvalue weighted by molar-refractivity contribution is 9.09. The second-order valence-electron chi connectivity index (χ2n) is 1.93. The average Bonchev–Trinajstić information content (AvgIpc) is 1.58. The molecule has 0 N–H and O–H groups in total. The molecular weight excluding hydrogens is 264 g/mol. The summed E-state index contributed by atoms with van der Waals surface area (Å²) in [4.78, 5) is 0. The van der Waals surface area contributed by atoms with Crippen LogP contribution >= 0.6 is 31.9 Å². The Labute approximate surface area is 78.5 Å². The van der Waals surface area contributed by atoms with Gasteiger partial charge in [-0.25, -0.2) is 0 Å². The maximum absolute atomic E-state index is 5.23. The van der Waals surface area contributed by atoms with Crippen molar-refractivity contribution >= 4 is 31.9 Å². The van der Waals surface area contributed by atoms with Gasteiger partial charge in [0.15, 0.2) is 6.29 Å². The number of halogens is 2. The Morgan fingerprint density at radius 2 is 1.20 bits per heavy atom. The lowest BCUT2D eigenvalue weighted by Gasteiger charge is -2.16. The van der Waals surface area contributed by atoms with Crippen molar-refractivity contribution in [2.75, 3.05) is 0 Å². The Balaban J connectivity index is 3.34. The van der Waals surface area contributed by atoms with Gasteiger partial charge in [0.25, 0.3) is 0 Å². The van der Waals surface area contributed by atoms with E-state index in [-0.39, 0.29) is 16.3 Å². The highest BCUT2D eigenvalue weighted by Gasteiger charge is 2.07. The molecule has 0 rings (SSSR count). The molecule has 0 aliphatic heterocycles. The first-order valence-corrected chi connectivity index (χ1v) is 4.94. The highest BCUT2D eigenvalue weighted by Crippen LogP contribution is 2.09. The molecule has 0 aromatic carbocycles. The first kappa shape index (κ1) is 10.9. The second-order valence-corrected chi connectivity index (χ2v) is 4.50. The lowest BCUT2D eigenvalue weighted by Crippen LogP contribution is -2.18. The van der Waals surface area contributed by atoms with Crippen molar-refractivity contribution in [1.29, 1.82) is 0 Å². The first-order chi connectivity index (χ1) is 4.52. The van der Waals surface area contributed by atoms with Crippen LogP contribution in [-0.4, -0.2) is 16.3 Å². The molecule has 0 aromatic rings. The first-order valence-electron chi connectivity index (χ1n) is 3.11. The Morgan fingerprint density at radius 1 is 0.900 bits per heavy atom. The predicted octanol–water partition coefficient (Wildman–Crippen LogP) is 2.85. The Hall–Kier alpha value is 0.880. The third kappa shape index (κ3) is 6.99. The summed E-state index contributed by atoms with van der Waals surface area (Å²) in [5.74, 6) is 0. The molecule has 0 saturated carbocycles. The fourth-order valence-electron chi connectivity index (χ4n) is 0.560. The van der Waals surface area contributed by atoms with Gasteiger partial charge >= 0.3 is 0 Å². The molecule has 62 valence electrons. The van der Waals surface area contributed by atoms with Gasteiger partial charge in [-0.1, -0.05) is 31.9 Å². The molecule has 0 saturated heterocycles. The molecule has 0 aliphatic carbocycles. The molecule has 2 unspecified atom stereocenters. The zero-order chi connectivity index (χ0) is 8.15. The molecule has 0 bridgehead atoms. The van der Waals surface area contributed by atoms with E-state index in [0.29, 0.717) is 0 Å². The summed E-state index contributed by atoms with van der Waals surface area (Å²) in [6.07, 6.45) is -0.177. The Kier molecular flexibility index (Phi) is 6.01. The zero-order valence-electron chi connectivity index (χ0n) is 6.30. The zero-order valence-corrected chi connectivity index (χ0v) is 9.48. The molecule has 0 fully saturated rings. The van der Waals surface area contributed by atoms with Gasteiger partial charge in [0, 0.05) is 0 Å². The molecule has 0 aromatic heterocycles. The summed E-state index contributed by atoms with van der Waals surface area (Å²) in [7, 11) is 0. The van der Waals surface area contributed by atoms with Gasteiger partial charge < -0.3 is 9.47 Å². The lowest BCUT2D eigenvalue weighted by atomic mass is 10.7. The largest absolute Gasteiger partial charge is 0.339 e. The van der Waals surface area contributed by atoms with Crippen molar-refractivity contribution in [3.05, 3.63) is 0 Å². The van der Waals surface area contributed by atoms with Crippen molar-refractivity contribution in [1.82, 2.24) is 0 Å². The van der Waals surface area contributed by atoms with Crippen molar-refractivity contribution < 1.29 is 9.47 Å². The molecular formula is C6H12Br2O2. The van der Waals surface area contributed by atoms with Gasteiger partial charge in [0.2, 0.25) is 0 Å². The van der Waals surface area contributed by atoms with Crippen LogP contribution in [0.4, 0.5) is 0 Å². The number of hydrogen-bond acceptors (Lipinski definition) is 2. The molecule has 2 nitrogen and oxygen atoms in total. The van der Waals surface area contributed by atoms with Crippen LogP contribution in [0.1, 0.15) is 20.8 Å². The van der Waals surface area contributed by atoms with Crippen molar-refractivity contribution in [2.45, 2.75) is 37.1 Å². The summed E-state index contributed by atoms with van der Waals surface area (Å²) < 4.78 is 10.5. The molecule has 0 amide bonds. The standard InChI is InChI=1S/C6H12Br2O2/c1-4(7)9-6(3)10-5(2)8/h4-6H,1-3H3. The van der Waals surface area contributed by atoms with Crippen molar-refractivity contribution in [2.24, 2.45) is 0 Å². The molecule has 2 atom stereocenters. The van der Waals surface area contributed by atoms with E-state index in [1.54, 1.807) is 0 Å². The van der Waals surface area contributed by atoms with Crippen molar-refractivity contribution in [3.8, 4) is 0 Å². The SMILES string of the molecule is CC(Br)OC(C)OC(C)Br. The predicted molar refractivity (Wildman–Crippen MR) is 48.4 cm³/mol. The number of alkyl halides is 2. The maximum atomic E-state index is 5.23. The molecule has 0 aliphatic rings. The average molecular weight is 276 g/mol. The quantitative estimate of drug-likeness (QED) is 0.580. The minimum Gasteiger partial charge on any atom is -0.339 e. The summed E-state index contributed by atoms with van der Waals surface area (Å²) in [5.41, 5.74) is 0. The van der Waals surface area contributed by atoms with E-state index in [9.17, 15) is 0 Å². The molecule has 0 radical (unpaired) electrons. The Bertz CT molecular complexity index is 75.8. The van der Waals surface area contributed by atoms with E-state index in [0.717, 1.165) is 0 Å². The van der Waals surface area contributed by atoms with Crippen LogP contribution in [0.2, 0.25) is 0 Å². The van der Waals surface area contributed by atoms with E-state index in [4.69, 9.17) is 9.47 Å². The van der Waals surface area contributed by atoms with E-state index >= 15 is 0 Å². The minimum absolute atomic E-state index is 0.0359. The Morgan fingerprint density at radius 3 is 1.40 bits per heavy atom. The fraction of sp³-hybridized carbons (Fsp3) is 1.00. The van der Waals surface area contributed by atoms with Crippen LogP contribution < -0.4 is 0 Å². The van der Waals surface area contributed by atoms with Gasteiger partial charge in [-0.05, 0) is 20.8 Å². The van der Waals surface area contributed by atoms with E-state index in [1.807, 2.05) is 20.8 Å². The minimum atomic E-state index is -0.177. The van der Waals surface area contributed by atoms with Crippen LogP contribution in [-0.2, 0) is 9.47 Å². The van der Waals surface area contributed by atoms with Crippen molar-refractivity contribution in [3.63, 3.8) is 0 Å². The van der Waals surface area contributed by atoms with Crippen LogP contribution in [0.15, 0.2) is 0 Å². The van der Waals surface area contributed by atoms with E-state index < -0.39 is 0 Å². The summed E-state index contributed by atoms with van der Waals surface area (Å²) in [6, 6.07) is 0. The maximum Gasteiger partial charge on any atom is 0.157 e.